The lowest BCUT2D eigenvalue weighted by atomic mass is 10.0. The van der Waals surface area contributed by atoms with Crippen LogP contribution in [0.5, 0.6) is 0 Å². The van der Waals surface area contributed by atoms with Gasteiger partial charge in [0.25, 0.3) is 0 Å². The monoisotopic (exact) mass is 283 g/mol. The smallest absolute Gasteiger partial charge is 0.238 e. The average molecular weight is 284 g/mol. The maximum Gasteiger partial charge on any atom is 0.238 e. The Morgan fingerprint density at radius 3 is 3.00 bits per heavy atom. The Bertz CT molecular complexity index is 442. The van der Waals surface area contributed by atoms with Crippen molar-refractivity contribution in [3.05, 3.63) is 34.9 Å². The van der Waals surface area contributed by atoms with Crippen LogP contribution in [0.1, 0.15) is 18.0 Å². The SMILES string of the molecule is COCCNC(=O)C1CC(c2ccccc2Cl)NN1. The molecule has 2 atom stereocenters. The molecule has 1 aliphatic rings. The van der Waals surface area contributed by atoms with Crippen molar-refractivity contribution in [1.82, 2.24) is 16.2 Å². The van der Waals surface area contributed by atoms with Crippen LogP contribution in [0, 0.1) is 0 Å². The van der Waals surface area contributed by atoms with Gasteiger partial charge in [-0.2, -0.15) is 0 Å². The molecule has 1 amide bonds. The van der Waals surface area contributed by atoms with Crippen molar-refractivity contribution in [2.45, 2.75) is 18.5 Å². The molecular weight excluding hydrogens is 266 g/mol. The molecule has 0 radical (unpaired) electrons. The van der Waals surface area contributed by atoms with Crippen molar-refractivity contribution in [3.8, 4) is 0 Å². The molecule has 2 rings (SSSR count). The number of ether oxygens (including phenoxy) is 1. The van der Waals surface area contributed by atoms with Crippen molar-refractivity contribution >= 4 is 17.5 Å². The van der Waals surface area contributed by atoms with Crippen LogP contribution in [-0.4, -0.2) is 32.2 Å². The summed E-state index contributed by atoms with van der Waals surface area (Å²) in [5, 5.41) is 3.52. The number of nitrogens with one attached hydrogen (secondary N) is 3. The Balaban J connectivity index is 1.89. The van der Waals surface area contributed by atoms with Crippen LogP contribution in [0.15, 0.2) is 24.3 Å². The normalized spacial score (nSPS) is 22.4. The lowest BCUT2D eigenvalue weighted by Gasteiger charge is -2.11. The first-order valence-corrected chi connectivity index (χ1v) is 6.62. The Hall–Kier alpha value is -1.14. The van der Waals surface area contributed by atoms with Gasteiger partial charge in [-0.15, -0.1) is 0 Å². The fourth-order valence-corrected chi connectivity index (χ4v) is 2.36. The highest BCUT2D eigenvalue weighted by Gasteiger charge is 2.30. The zero-order valence-electron chi connectivity index (χ0n) is 10.8. The largest absolute Gasteiger partial charge is 0.383 e. The molecule has 1 saturated heterocycles. The summed E-state index contributed by atoms with van der Waals surface area (Å²) < 4.78 is 4.89. The van der Waals surface area contributed by atoms with E-state index < -0.39 is 0 Å². The number of amides is 1. The summed E-state index contributed by atoms with van der Waals surface area (Å²) in [6, 6.07) is 7.44. The summed E-state index contributed by atoms with van der Waals surface area (Å²) in [5.74, 6) is -0.0286. The Morgan fingerprint density at radius 2 is 2.26 bits per heavy atom. The lowest BCUT2D eigenvalue weighted by molar-refractivity contribution is -0.123. The van der Waals surface area contributed by atoms with Crippen LogP contribution in [0.3, 0.4) is 0 Å². The van der Waals surface area contributed by atoms with E-state index in [0.717, 1.165) is 5.56 Å². The predicted molar refractivity (Wildman–Crippen MR) is 73.8 cm³/mol. The quantitative estimate of drug-likeness (QED) is 0.706. The number of carbonyl (C=O) groups is 1. The number of halogens is 1. The van der Waals surface area contributed by atoms with E-state index in [0.29, 0.717) is 24.6 Å². The molecule has 0 bridgehead atoms. The number of rotatable bonds is 5. The van der Waals surface area contributed by atoms with E-state index in [-0.39, 0.29) is 18.0 Å². The highest BCUT2D eigenvalue weighted by atomic mass is 35.5. The van der Waals surface area contributed by atoms with Gasteiger partial charge < -0.3 is 10.1 Å². The molecule has 0 aliphatic carbocycles. The van der Waals surface area contributed by atoms with E-state index in [4.69, 9.17) is 16.3 Å². The lowest BCUT2D eigenvalue weighted by Crippen LogP contribution is -2.44. The zero-order chi connectivity index (χ0) is 13.7. The van der Waals surface area contributed by atoms with Gasteiger partial charge in [-0.25, -0.2) is 10.9 Å². The Labute approximate surface area is 117 Å². The van der Waals surface area contributed by atoms with Crippen LogP contribution < -0.4 is 16.2 Å². The topological polar surface area (TPSA) is 62.4 Å². The van der Waals surface area contributed by atoms with Crippen molar-refractivity contribution in [2.75, 3.05) is 20.3 Å². The van der Waals surface area contributed by atoms with E-state index in [1.54, 1.807) is 7.11 Å². The molecule has 19 heavy (non-hydrogen) atoms. The second-order valence-corrected chi connectivity index (χ2v) is 4.84. The highest BCUT2D eigenvalue weighted by molar-refractivity contribution is 6.31. The van der Waals surface area contributed by atoms with Gasteiger partial charge in [0.1, 0.15) is 6.04 Å². The first-order valence-electron chi connectivity index (χ1n) is 6.24. The van der Waals surface area contributed by atoms with Gasteiger partial charge in [0.05, 0.1) is 6.61 Å². The van der Waals surface area contributed by atoms with E-state index >= 15 is 0 Å². The minimum atomic E-state index is -0.252. The molecule has 1 fully saturated rings. The fourth-order valence-electron chi connectivity index (χ4n) is 2.09. The second kappa shape index (κ2) is 6.86. The molecule has 0 saturated carbocycles. The van der Waals surface area contributed by atoms with Gasteiger partial charge >= 0.3 is 0 Å². The molecule has 0 spiro atoms. The maximum atomic E-state index is 11.9. The minimum absolute atomic E-state index is 0.0286. The van der Waals surface area contributed by atoms with Gasteiger partial charge in [-0.1, -0.05) is 29.8 Å². The van der Waals surface area contributed by atoms with Crippen molar-refractivity contribution in [1.29, 1.82) is 0 Å². The van der Waals surface area contributed by atoms with Crippen LogP contribution in [0.4, 0.5) is 0 Å². The second-order valence-electron chi connectivity index (χ2n) is 4.43. The number of methoxy groups -OCH3 is 1. The number of hydrazine groups is 1. The van der Waals surface area contributed by atoms with Crippen LogP contribution in [-0.2, 0) is 9.53 Å². The summed E-state index contributed by atoms with van der Waals surface area (Å²) >= 11 is 6.15. The third-order valence-corrected chi connectivity index (χ3v) is 3.45. The van der Waals surface area contributed by atoms with Gasteiger partial charge in [0, 0.05) is 24.7 Å². The number of benzene rings is 1. The van der Waals surface area contributed by atoms with E-state index in [1.807, 2.05) is 24.3 Å². The Kier molecular flexibility index (Phi) is 5.15. The molecule has 1 aromatic carbocycles. The molecule has 2 unspecified atom stereocenters. The number of hydrogen-bond donors (Lipinski definition) is 3. The van der Waals surface area contributed by atoms with Crippen LogP contribution in [0.25, 0.3) is 0 Å². The predicted octanol–water partition coefficient (Wildman–Crippen LogP) is 1.01. The van der Waals surface area contributed by atoms with Crippen molar-refractivity contribution in [2.24, 2.45) is 0 Å². The van der Waals surface area contributed by atoms with Crippen LogP contribution in [0.2, 0.25) is 5.02 Å². The van der Waals surface area contributed by atoms with E-state index in [9.17, 15) is 4.79 Å². The summed E-state index contributed by atoms with van der Waals surface area (Å²) in [4.78, 5) is 11.9. The molecule has 5 nitrogen and oxygen atoms in total. The summed E-state index contributed by atoms with van der Waals surface area (Å²) in [6.07, 6.45) is 0.669. The molecule has 104 valence electrons. The number of carbonyl (C=O) groups excluding carboxylic acids is 1. The Morgan fingerprint density at radius 1 is 1.47 bits per heavy atom. The molecule has 3 N–H and O–H groups in total. The summed E-state index contributed by atoms with van der Waals surface area (Å²) in [7, 11) is 1.61. The number of hydrogen-bond acceptors (Lipinski definition) is 4. The van der Waals surface area contributed by atoms with Gasteiger partial charge in [0.15, 0.2) is 0 Å². The zero-order valence-corrected chi connectivity index (χ0v) is 11.5. The third kappa shape index (κ3) is 3.67. The van der Waals surface area contributed by atoms with Gasteiger partial charge in [0.2, 0.25) is 5.91 Å². The van der Waals surface area contributed by atoms with Gasteiger partial charge in [-0.05, 0) is 18.1 Å². The van der Waals surface area contributed by atoms with Gasteiger partial charge in [-0.3, -0.25) is 4.79 Å². The molecule has 1 aliphatic heterocycles. The maximum absolute atomic E-state index is 11.9. The summed E-state index contributed by atoms with van der Waals surface area (Å²) in [6.45, 7) is 1.03. The van der Waals surface area contributed by atoms with E-state index in [1.165, 1.54) is 0 Å². The molecule has 0 aromatic heterocycles. The third-order valence-electron chi connectivity index (χ3n) is 3.11. The minimum Gasteiger partial charge on any atom is -0.383 e. The van der Waals surface area contributed by atoms with E-state index in [2.05, 4.69) is 16.2 Å². The van der Waals surface area contributed by atoms with Crippen molar-refractivity contribution < 1.29 is 9.53 Å². The standard InChI is InChI=1S/C13H18ClN3O2/c1-19-7-6-15-13(18)12-8-11(16-17-12)9-4-2-3-5-10(9)14/h2-5,11-12,16-17H,6-8H2,1H3,(H,15,18). The first-order chi connectivity index (χ1) is 9.22. The van der Waals surface area contributed by atoms with Crippen molar-refractivity contribution in [3.63, 3.8) is 0 Å². The highest BCUT2D eigenvalue weighted by Crippen LogP contribution is 2.28. The molecule has 1 aromatic rings. The first kappa shape index (κ1) is 14.3. The molecule has 6 heteroatoms. The average Bonchev–Trinajstić information content (AvgIpc) is 2.89. The van der Waals surface area contributed by atoms with Crippen LogP contribution >= 0.6 is 11.6 Å². The molecule has 1 heterocycles. The fraction of sp³-hybridized carbons (Fsp3) is 0.462. The summed E-state index contributed by atoms with van der Waals surface area (Å²) in [5.41, 5.74) is 7.11. The molecular formula is C13H18ClN3O2.